The molecule has 1 aromatic carbocycles. The van der Waals surface area contributed by atoms with Gasteiger partial charge >= 0.3 is 0 Å². The molecule has 21 heavy (non-hydrogen) atoms. The number of hydrogen-bond donors (Lipinski definition) is 1. The molecule has 1 aliphatic carbocycles. The van der Waals surface area contributed by atoms with E-state index in [0.717, 1.165) is 48.6 Å². The molecule has 1 saturated carbocycles. The van der Waals surface area contributed by atoms with Gasteiger partial charge in [-0.25, -0.2) is 0 Å². The maximum Gasteiger partial charge on any atom is 0.230 e. The molecule has 3 aliphatic rings. The van der Waals surface area contributed by atoms with Gasteiger partial charge in [0.05, 0.1) is 0 Å². The van der Waals surface area contributed by atoms with Crippen LogP contribution in [0.15, 0.2) is 22.7 Å². The Morgan fingerprint density at radius 3 is 2.90 bits per heavy atom. The molecule has 4 heteroatoms. The molecular weight excluding hydrogens is 328 g/mol. The highest BCUT2D eigenvalue weighted by Gasteiger charge is 2.49. The number of carbonyl (C=O) groups excluding carboxylic acids is 1. The Labute approximate surface area is 134 Å². The molecule has 4 rings (SSSR count). The van der Waals surface area contributed by atoms with Gasteiger partial charge in [0.2, 0.25) is 5.91 Å². The third-order valence-electron chi connectivity index (χ3n) is 5.36. The average Bonchev–Trinajstić information content (AvgIpc) is 3.21. The summed E-state index contributed by atoms with van der Waals surface area (Å²) < 4.78 is 1.06. The first-order valence-electron chi connectivity index (χ1n) is 8.04. The predicted molar refractivity (Wildman–Crippen MR) is 87.4 cm³/mol. The Balaban J connectivity index is 1.47. The molecule has 112 valence electrons. The molecule has 0 radical (unpaired) electrons. The molecule has 2 heterocycles. The van der Waals surface area contributed by atoms with Crippen LogP contribution in [0.2, 0.25) is 0 Å². The Morgan fingerprint density at radius 2 is 2.10 bits per heavy atom. The number of piperidine rings is 1. The SMILES string of the molecule is O=C([C@@H]1C[C@H]1C1CCNCC1)N1CCc2ccc(Br)cc21. The second-order valence-electron chi connectivity index (χ2n) is 6.61. The van der Waals surface area contributed by atoms with Crippen molar-refractivity contribution in [2.45, 2.75) is 25.7 Å². The van der Waals surface area contributed by atoms with Crippen LogP contribution in [0.3, 0.4) is 0 Å². The summed E-state index contributed by atoms with van der Waals surface area (Å²) in [5.41, 5.74) is 2.44. The second kappa shape index (κ2) is 5.40. The number of hydrogen-bond acceptors (Lipinski definition) is 2. The van der Waals surface area contributed by atoms with Crippen LogP contribution in [0, 0.1) is 17.8 Å². The van der Waals surface area contributed by atoms with E-state index in [1.54, 1.807) is 0 Å². The standard InChI is InChI=1S/C17H21BrN2O/c18-13-2-1-12-5-8-20(16(12)9-13)17(21)15-10-14(15)11-3-6-19-7-4-11/h1-2,9,11,14-15,19H,3-8,10H2/t14-,15+/m0/s1. The van der Waals surface area contributed by atoms with Gasteiger partial charge in [0.25, 0.3) is 0 Å². The van der Waals surface area contributed by atoms with E-state index < -0.39 is 0 Å². The fourth-order valence-electron chi connectivity index (χ4n) is 4.07. The molecule has 0 aromatic heterocycles. The summed E-state index contributed by atoms with van der Waals surface area (Å²) in [5, 5.41) is 3.42. The largest absolute Gasteiger partial charge is 0.317 e. The van der Waals surface area contributed by atoms with E-state index >= 15 is 0 Å². The fraction of sp³-hybridized carbons (Fsp3) is 0.588. The van der Waals surface area contributed by atoms with Gasteiger partial charge in [0, 0.05) is 22.6 Å². The Bertz CT molecular complexity index is 568. The van der Waals surface area contributed by atoms with E-state index in [1.165, 1.54) is 18.4 Å². The minimum atomic E-state index is 0.290. The zero-order chi connectivity index (χ0) is 14.4. The predicted octanol–water partition coefficient (Wildman–Crippen LogP) is 2.97. The molecule has 3 nitrogen and oxygen atoms in total. The molecule has 2 fully saturated rings. The van der Waals surface area contributed by atoms with Crippen molar-refractivity contribution in [1.82, 2.24) is 5.32 Å². The monoisotopic (exact) mass is 348 g/mol. The number of anilines is 1. The lowest BCUT2D eigenvalue weighted by atomic mass is 9.92. The van der Waals surface area contributed by atoms with Gasteiger partial charge in [0.15, 0.2) is 0 Å². The van der Waals surface area contributed by atoms with E-state index in [9.17, 15) is 4.79 Å². The molecule has 2 aliphatic heterocycles. The lowest BCUT2D eigenvalue weighted by molar-refractivity contribution is -0.120. The number of nitrogens with zero attached hydrogens (tertiary/aromatic N) is 1. The number of nitrogens with one attached hydrogen (secondary N) is 1. The summed E-state index contributed by atoms with van der Waals surface area (Å²) in [4.78, 5) is 14.9. The molecule has 1 saturated heterocycles. The van der Waals surface area contributed by atoms with Crippen LogP contribution in [-0.2, 0) is 11.2 Å². The van der Waals surface area contributed by atoms with Crippen LogP contribution in [0.1, 0.15) is 24.8 Å². The lowest BCUT2D eigenvalue weighted by Crippen LogP contribution is -2.33. The summed E-state index contributed by atoms with van der Waals surface area (Å²) in [6.45, 7) is 3.11. The molecule has 1 aromatic rings. The number of benzene rings is 1. The minimum Gasteiger partial charge on any atom is -0.317 e. The van der Waals surface area contributed by atoms with E-state index in [4.69, 9.17) is 0 Å². The summed E-state index contributed by atoms with van der Waals surface area (Å²) in [7, 11) is 0. The van der Waals surface area contributed by atoms with Crippen molar-refractivity contribution in [2.75, 3.05) is 24.5 Å². The molecule has 1 amide bonds. The zero-order valence-corrected chi connectivity index (χ0v) is 13.7. The van der Waals surface area contributed by atoms with Crippen molar-refractivity contribution in [1.29, 1.82) is 0 Å². The van der Waals surface area contributed by atoms with Gasteiger partial charge in [0.1, 0.15) is 0 Å². The summed E-state index contributed by atoms with van der Waals surface area (Å²) in [6, 6.07) is 6.31. The smallest absolute Gasteiger partial charge is 0.230 e. The van der Waals surface area contributed by atoms with Crippen molar-refractivity contribution >= 4 is 27.5 Å². The number of rotatable bonds is 2. The lowest BCUT2D eigenvalue weighted by Gasteiger charge is -2.23. The molecule has 0 unspecified atom stereocenters. The minimum absolute atomic E-state index is 0.290. The van der Waals surface area contributed by atoms with E-state index in [1.807, 2.05) is 4.90 Å². The zero-order valence-electron chi connectivity index (χ0n) is 12.1. The number of amides is 1. The van der Waals surface area contributed by atoms with Gasteiger partial charge < -0.3 is 10.2 Å². The van der Waals surface area contributed by atoms with Gasteiger partial charge in [-0.1, -0.05) is 22.0 Å². The first-order valence-corrected chi connectivity index (χ1v) is 8.84. The van der Waals surface area contributed by atoms with Crippen molar-refractivity contribution in [3.8, 4) is 0 Å². The van der Waals surface area contributed by atoms with Crippen LogP contribution in [0.5, 0.6) is 0 Å². The Morgan fingerprint density at radius 1 is 1.29 bits per heavy atom. The van der Waals surface area contributed by atoms with E-state index in [2.05, 4.69) is 39.4 Å². The second-order valence-corrected chi connectivity index (χ2v) is 7.52. The van der Waals surface area contributed by atoms with Gasteiger partial charge in [-0.15, -0.1) is 0 Å². The van der Waals surface area contributed by atoms with Gasteiger partial charge in [-0.2, -0.15) is 0 Å². The van der Waals surface area contributed by atoms with E-state index in [-0.39, 0.29) is 5.92 Å². The van der Waals surface area contributed by atoms with Crippen molar-refractivity contribution in [3.05, 3.63) is 28.2 Å². The Hall–Kier alpha value is -0.870. The molecule has 0 bridgehead atoms. The molecule has 0 spiro atoms. The summed E-state index contributed by atoms with van der Waals surface area (Å²) in [5.74, 6) is 2.08. The van der Waals surface area contributed by atoms with Gasteiger partial charge in [-0.05, 0) is 68.3 Å². The Kier molecular flexibility index (Phi) is 3.54. The third kappa shape index (κ3) is 2.53. The number of fused-ring (bicyclic) bond motifs is 1. The van der Waals surface area contributed by atoms with Crippen molar-refractivity contribution < 1.29 is 4.79 Å². The van der Waals surface area contributed by atoms with E-state index in [0.29, 0.717) is 11.8 Å². The molecular formula is C17H21BrN2O. The first kappa shape index (κ1) is 13.8. The summed E-state index contributed by atoms with van der Waals surface area (Å²) >= 11 is 3.52. The maximum atomic E-state index is 12.8. The average molecular weight is 349 g/mol. The van der Waals surface area contributed by atoms with Crippen LogP contribution in [-0.4, -0.2) is 25.5 Å². The third-order valence-corrected chi connectivity index (χ3v) is 5.85. The molecule has 2 atom stereocenters. The van der Waals surface area contributed by atoms with Crippen LogP contribution >= 0.6 is 15.9 Å². The van der Waals surface area contributed by atoms with Crippen LogP contribution in [0.25, 0.3) is 0 Å². The molecule has 1 N–H and O–H groups in total. The number of carbonyl (C=O) groups is 1. The van der Waals surface area contributed by atoms with Gasteiger partial charge in [-0.3, -0.25) is 4.79 Å². The normalized spacial score (nSPS) is 28.5. The highest BCUT2D eigenvalue weighted by molar-refractivity contribution is 9.10. The quantitative estimate of drug-likeness (QED) is 0.890. The summed E-state index contributed by atoms with van der Waals surface area (Å²) in [6.07, 6.45) is 4.61. The highest BCUT2D eigenvalue weighted by Crippen LogP contribution is 2.49. The number of halogens is 1. The fourth-order valence-corrected chi connectivity index (χ4v) is 4.42. The maximum absolute atomic E-state index is 12.8. The van der Waals surface area contributed by atoms with Crippen molar-refractivity contribution in [3.63, 3.8) is 0 Å². The van der Waals surface area contributed by atoms with Crippen LogP contribution in [0.4, 0.5) is 5.69 Å². The topological polar surface area (TPSA) is 32.3 Å². The van der Waals surface area contributed by atoms with Crippen molar-refractivity contribution in [2.24, 2.45) is 17.8 Å². The highest BCUT2D eigenvalue weighted by atomic mass is 79.9. The first-order chi connectivity index (χ1) is 10.2. The van der Waals surface area contributed by atoms with Crippen LogP contribution < -0.4 is 10.2 Å².